The molecule has 0 amide bonds. The molecule has 0 fully saturated rings. The van der Waals surface area contributed by atoms with Gasteiger partial charge < -0.3 is 4.42 Å². The third-order valence-electron chi connectivity index (χ3n) is 4.35. The largest absolute Gasteiger partial charge is 0.460 e. The predicted molar refractivity (Wildman–Crippen MR) is 79.6 cm³/mol. The highest BCUT2D eigenvalue weighted by Crippen LogP contribution is 2.34. The van der Waals surface area contributed by atoms with Gasteiger partial charge in [-0.25, -0.2) is 0 Å². The van der Waals surface area contributed by atoms with Crippen LogP contribution in [0.25, 0.3) is 21.7 Å². The van der Waals surface area contributed by atoms with Crippen LogP contribution in [0, 0.1) is 0 Å². The monoisotopic (exact) mass is 250 g/mol. The summed E-state index contributed by atoms with van der Waals surface area (Å²) in [6.45, 7) is 0. The molecular formula is C18H18O. The smallest absolute Gasteiger partial charge is 0.142 e. The molecule has 1 aliphatic carbocycles. The standard InChI is InChI=1S/C18H18O/c1-2-4-10-17-15(9-3-1)16-12-11-13-7-5-6-8-14(13)18(16)19-17/h5-8,11-12H,1-4,9-10H2. The zero-order valence-corrected chi connectivity index (χ0v) is 11.1. The summed E-state index contributed by atoms with van der Waals surface area (Å²) in [5.74, 6) is 1.24. The quantitative estimate of drug-likeness (QED) is 0.531. The Hall–Kier alpha value is -1.76. The molecule has 0 atom stereocenters. The minimum Gasteiger partial charge on any atom is -0.460 e. The molecule has 1 nitrogen and oxygen atoms in total. The van der Waals surface area contributed by atoms with Crippen molar-refractivity contribution in [2.75, 3.05) is 0 Å². The zero-order valence-electron chi connectivity index (χ0n) is 11.1. The molecular weight excluding hydrogens is 232 g/mol. The Morgan fingerprint density at radius 1 is 0.737 bits per heavy atom. The Balaban J connectivity index is 2.02. The summed E-state index contributed by atoms with van der Waals surface area (Å²) in [4.78, 5) is 0. The van der Waals surface area contributed by atoms with Crippen molar-refractivity contribution in [2.24, 2.45) is 0 Å². The lowest BCUT2D eigenvalue weighted by Gasteiger charge is -2.07. The maximum absolute atomic E-state index is 6.24. The molecule has 0 aliphatic heterocycles. The molecule has 1 heteroatoms. The Bertz CT molecular complexity index is 736. The molecule has 2 aromatic carbocycles. The Morgan fingerprint density at radius 2 is 1.58 bits per heavy atom. The third-order valence-corrected chi connectivity index (χ3v) is 4.35. The first-order valence-electron chi connectivity index (χ1n) is 7.35. The van der Waals surface area contributed by atoms with Crippen molar-refractivity contribution in [3.8, 4) is 0 Å². The van der Waals surface area contributed by atoms with Crippen LogP contribution in [-0.4, -0.2) is 0 Å². The first-order chi connectivity index (χ1) is 9.43. The van der Waals surface area contributed by atoms with E-state index in [1.54, 1.807) is 0 Å². The van der Waals surface area contributed by atoms with E-state index in [1.807, 2.05) is 0 Å². The molecule has 4 rings (SSSR count). The fraction of sp³-hybridized carbons (Fsp3) is 0.333. The summed E-state index contributed by atoms with van der Waals surface area (Å²) >= 11 is 0. The molecule has 0 saturated carbocycles. The molecule has 3 aromatic rings. The van der Waals surface area contributed by atoms with E-state index < -0.39 is 0 Å². The molecule has 0 unspecified atom stereocenters. The van der Waals surface area contributed by atoms with Gasteiger partial charge in [0.15, 0.2) is 0 Å². The number of hydrogen-bond acceptors (Lipinski definition) is 1. The molecule has 1 aromatic heterocycles. The van der Waals surface area contributed by atoms with Gasteiger partial charge in [0.2, 0.25) is 0 Å². The molecule has 0 saturated heterocycles. The van der Waals surface area contributed by atoms with Crippen molar-refractivity contribution in [2.45, 2.75) is 38.5 Å². The molecule has 0 N–H and O–H groups in total. The zero-order chi connectivity index (χ0) is 12.7. The molecule has 0 radical (unpaired) electrons. The van der Waals surface area contributed by atoms with Crippen molar-refractivity contribution in [1.82, 2.24) is 0 Å². The normalized spacial score (nSPS) is 16.2. The van der Waals surface area contributed by atoms with Gasteiger partial charge in [-0.15, -0.1) is 0 Å². The Labute approximate surface area is 113 Å². The van der Waals surface area contributed by atoms with Crippen LogP contribution in [-0.2, 0) is 12.8 Å². The van der Waals surface area contributed by atoms with Gasteiger partial charge in [-0.05, 0) is 24.6 Å². The van der Waals surface area contributed by atoms with Crippen molar-refractivity contribution in [3.05, 3.63) is 47.7 Å². The fourth-order valence-corrected chi connectivity index (χ4v) is 3.34. The minimum atomic E-state index is 1.10. The van der Waals surface area contributed by atoms with E-state index in [0.29, 0.717) is 0 Å². The van der Waals surface area contributed by atoms with E-state index in [0.717, 1.165) is 12.0 Å². The van der Waals surface area contributed by atoms with Gasteiger partial charge in [-0.2, -0.15) is 0 Å². The maximum Gasteiger partial charge on any atom is 0.142 e. The lowest BCUT2D eigenvalue weighted by atomic mass is 9.96. The molecule has 0 bridgehead atoms. The van der Waals surface area contributed by atoms with E-state index in [2.05, 4.69) is 36.4 Å². The fourth-order valence-electron chi connectivity index (χ4n) is 3.34. The molecule has 0 spiro atoms. The van der Waals surface area contributed by atoms with E-state index in [1.165, 1.54) is 59.6 Å². The van der Waals surface area contributed by atoms with E-state index in [4.69, 9.17) is 4.42 Å². The second kappa shape index (κ2) is 4.41. The van der Waals surface area contributed by atoms with Gasteiger partial charge in [0, 0.05) is 22.8 Å². The Morgan fingerprint density at radius 3 is 2.53 bits per heavy atom. The summed E-state index contributed by atoms with van der Waals surface area (Å²) < 4.78 is 6.24. The summed E-state index contributed by atoms with van der Waals surface area (Å²) in [6, 6.07) is 13.0. The number of benzene rings is 2. The van der Waals surface area contributed by atoms with Gasteiger partial charge in [0.1, 0.15) is 11.3 Å². The number of aryl methyl sites for hydroxylation is 2. The van der Waals surface area contributed by atoms with Crippen LogP contribution in [0.15, 0.2) is 40.8 Å². The van der Waals surface area contributed by atoms with Crippen LogP contribution < -0.4 is 0 Å². The minimum absolute atomic E-state index is 1.10. The maximum atomic E-state index is 6.24. The molecule has 1 aliphatic rings. The first-order valence-corrected chi connectivity index (χ1v) is 7.35. The lowest BCUT2D eigenvalue weighted by Crippen LogP contribution is -1.96. The van der Waals surface area contributed by atoms with Gasteiger partial charge in [0.05, 0.1) is 0 Å². The number of hydrogen-bond donors (Lipinski definition) is 0. The van der Waals surface area contributed by atoms with Crippen molar-refractivity contribution >= 4 is 21.7 Å². The van der Waals surface area contributed by atoms with Gasteiger partial charge >= 0.3 is 0 Å². The summed E-state index contributed by atoms with van der Waals surface area (Å²) in [6.07, 6.45) is 7.56. The Kier molecular flexibility index (Phi) is 2.58. The van der Waals surface area contributed by atoms with Crippen LogP contribution in [0.1, 0.15) is 37.0 Å². The van der Waals surface area contributed by atoms with Gasteiger partial charge in [0.25, 0.3) is 0 Å². The predicted octanol–water partition coefficient (Wildman–Crippen LogP) is 5.25. The summed E-state index contributed by atoms with van der Waals surface area (Å²) in [7, 11) is 0. The van der Waals surface area contributed by atoms with Crippen molar-refractivity contribution in [3.63, 3.8) is 0 Å². The average molecular weight is 250 g/mol. The highest BCUT2D eigenvalue weighted by Gasteiger charge is 2.16. The second-order valence-corrected chi connectivity index (χ2v) is 5.58. The number of fused-ring (bicyclic) bond motifs is 5. The second-order valence-electron chi connectivity index (χ2n) is 5.58. The van der Waals surface area contributed by atoms with Crippen molar-refractivity contribution < 1.29 is 4.42 Å². The first kappa shape index (κ1) is 11.1. The van der Waals surface area contributed by atoms with Gasteiger partial charge in [-0.3, -0.25) is 0 Å². The van der Waals surface area contributed by atoms with Crippen LogP contribution in [0.4, 0.5) is 0 Å². The molecule has 1 heterocycles. The van der Waals surface area contributed by atoms with Crippen LogP contribution in [0.3, 0.4) is 0 Å². The van der Waals surface area contributed by atoms with Crippen LogP contribution >= 0.6 is 0 Å². The lowest BCUT2D eigenvalue weighted by molar-refractivity contribution is 0.505. The highest BCUT2D eigenvalue weighted by molar-refractivity contribution is 6.05. The van der Waals surface area contributed by atoms with Crippen LogP contribution in [0.5, 0.6) is 0 Å². The third kappa shape index (κ3) is 1.76. The average Bonchev–Trinajstić information content (AvgIpc) is 2.76. The van der Waals surface area contributed by atoms with Crippen molar-refractivity contribution in [1.29, 1.82) is 0 Å². The number of furan rings is 1. The highest BCUT2D eigenvalue weighted by atomic mass is 16.3. The van der Waals surface area contributed by atoms with E-state index in [9.17, 15) is 0 Å². The van der Waals surface area contributed by atoms with Gasteiger partial charge in [-0.1, -0.05) is 49.2 Å². The number of rotatable bonds is 0. The summed E-state index contributed by atoms with van der Waals surface area (Å²) in [5.41, 5.74) is 2.57. The van der Waals surface area contributed by atoms with Crippen LogP contribution in [0.2, 0.25) is 0 Å². The topological polar surface area (TPSA) is 13.1 Å². The SMILES string of the molecule is c1ccc2c(c1)ccc1c3c(oc12)CCCCCC3. The molecule has 96 valence electrons. The summed E-state index contributed by atoms with van der Waals surface area (Å²) in [5, 5.41) is 3.87. The molecule has 19 heavy (non-hydrogen) atoms. The van der Waals surface area contributed by atoms with E-state index >= 15 is 0 Å². The van der Waals surface area contributed by atoms with E-state index in [-0.39, 0.29) is 0 Å².